The molecule has 0 bridgehead atoms. The summed E-state index contributed by atoms with van der Waals surface area (Å²) in [5.74, 6) is 0.339. The third-order valence-electron chi connectivity index (χ3n) is 2.45. The number of rotatable bonds is 4. The normalized spacial score (nSPS) is 12.2. The van der Waals surface area contributed by atoms with E-state index in [0.717, 1.165) is 9.75 Å². The van der Waals surface area contributed by atoms with Gasteiger partial charge in [-0.1, -0.05) is 5.16 Å². The average Bonchev–Trinajstić information content (AvgIpc) is 2.88. The summed E-state index contributed by atoms with van der Waals surface area (Å²) in [6.07, 6.45) is 1.18. The second-order valence-electron chi connectivity index (χ2n) is 3.89. The molecule has 0 N–H and O–H groups in total. The van der Waals surface area contributed by atoms with Gasteiger partial charge in [-0.3, -0.25) is 0 Å². The highest BCUT2D eigenvalue weighted by Gasteiger charge is 2.25. The summed E-state index contributed by atoms with van der Waals surface area (Å²) in [7, 11) is -2.00. The van der Waals surface area contributed by atoms with Gasteiger partial charge in [-0.05, 0) is 19.9 Å². The summed E-state index contributed by atoms with van der Waals surface area (Å²) in [5.41, 5.74) is 0. The number of hydrogen-bond donors (Lipinski definition) is 0. The van der Waals surface area contributed by atoms with Gasteiger partial charge in [-0.15, -0.1) is 11.3 Å². The van der Waals surface area contributed by atoms with Crippen molar-refractivity contribution in [3.63, 3.8) is 0 Å². The first-order valence-electron chi connectivity index (χ1n) is 5.20. The SMILES string of the molecule is Cc1cc(S(=O)(=O)N(C)Cc2ncon2)c(C)s1. The molecule has 0 aliphatic heterocycles. The third-order valence-corrected chi connectivity index (χ3v) is 5.48. The zero-order valence-electron chi connectivity index (χ0n) is 10.2. The van der Waals surface area contributed by atoms with Gasteiger partial charge < -0.3 is 4.52 Å². The smallest absolute Gasteiger partial charge is 0.244 e. The summed E-state index contributed by atoms with van der Waals surface area (Å²) >= 11 is 1.47. The van der Waals surface area contributed by atoms with E-state index in [2.05, 4.69) is 14.7 Å². The number of sulfonamides is 1. The van der Waals surface area contributed by atoms with Crippen molar-refractivity contribution in [3.05, 3.63) is 28.0 Å². The van der Waals surface area contributed by atoms with Crippen LogP contribution in [0.25, 0.3) is 0 Å². The van der Waals surface area contributed by atoms with Gasteiger partial charge in [0.25, 0.3) is 0 Å². The van der Waals surface area contributed by atoms with E-state index in [1.165, 1.54) is 29.1 Å². The van der Waals surface area contributed by atoms with E-state index in [1.807, 2.05) is 6.92 Å². The van der Waals surface area contributed by atoms with Crippen molar-refractivity contribution >= 4 is 21.4 Å². The van der Waals surface area contributed by atoms with Crippen LogP contribution < -0.4 is 0 Å². The fourth-order valence-electron chi connectivity index (χ4n) is 1.58. The lowest BCUT2D eigenvalue weighted by Crippen LogP contribution is -2.27. The molecule has 0 atom stereocenters. The molecular formula is C10H13N3O3S2. The Bertz CT molecular complexity index is 631. The molecule has 2 rings (SSSR count). The van der Waals surface area contributed by atoms with Gasteiger partial charge in [0.15, 0.2) is 5.82 Å². The topological polar surface area (TPSA) is 76.3 Å². The first kappa shape index (κ1) is 13.2. The van der Waals surface area contributed by atoms with Crippen LogP contribution >= 0.6 is 11.3 Å². The van der Waals surface area contributed by atoms with Crippen LogP contribution in [0.5, 0.6) is 0 Å². The molecule has 2 aromatic rings. The van der Waals surface area contributed by atoms with E-state index in [0.29, 0.717) is 10.7 Å². The molecule has 6 nitrogen and oxygen atoms in total. The lowest BCUT2D eigenvalue weighted by molar-refractivity contribution is 0.394. The molecule has 0 aliphatic carbocycles. The molecule has 0 spiro atoms. The molecule has 8 heteroatoms. The summed E-state index contributed by atoms with van der Waals surface area (Å²) in [5, 5.41) is 3.60. The van der Waals surface area contributed by atoms with Crippen LogP contribution in [0.4, 0.5) is 0 Å². The van der Waals surface area contributed by atoms with Gasteiger partial charge in [0.2, 0.25) is 16.4 Å². The minimum Gasteiger partial charge on any atom is -0.343 e. The minimum atomic E-state index is -3.50. The number of thiophene rings is 1. The first-order chi connectivity index (χ1) is 8.41. The minimum absolute atomic E-state index is 0.0904. The fourth-order valence-corrected chi connectivity index (χ4v) is 4.22. The van der Waals surface area contributed by atoms with E-state index >= 15 is 0 Å². The van der Waals surface area contributed by atoms with Crippen molar-refractivity contribution in [1.82, 2.24) is 14.4 Å². The van der Waals surface area contributed by atoms with Gasteiger partial charge in [-0.25, -0.2) is 8.42 Å². The third kappa shape index (κ3) is 2.45. The second-order valence-corrected chi connectivity index (χ2v) is 7.36. The molecule has 0 unspecified atom stereocenters. The quantitative estimate of drug-likeness (QED) is 0.853. The number of aromatic nitrogens is 2. The molecule has 2 aromatic heterocycles. The molecule has 0 aliphatic rings. The summed E-state index contributed by atoms with van der Waals surface area (Å²) in [4.78, 5) is 5.91. The Morgan fingerprint density at radius 1 is 1.44 bits per heavy atom. The Hall–Kier alpha value is -1.25. The zero-order valence-corrected chi connectivity index (χ0v) is 11.9. The van der Waals surface area contributed by atoms with E-state index < -0.39 is 10.0 Å². The maximum absolute atomic E-state index is 12.3. The van der Waals surface area contributed by atoms with Gasteiger partial charge >= 0.3 is 0 Å². The van der Waals surface area contributed by atoms with Gasteiger partial charge in [0, 0.05) is 16.8 Å². The number of nitrogens with zero attached hydrogens (tertiary/aromatic N) is 3. The predicted octanol–water partition coefficient (Wildman–Crippen LogP) is 1.57. The van der Waals surface area contributed by atoms with Gasteiger partial charge in [0.05, 0.1) is 11.4 Å². The summed E-state index contributed by atoms with van der Waals surface area (Å²) in [6, 6.07) is 1.68. The van der Waals surface area contributed by atoms with Crippen molar-refractivity contribution in [2.24, 2.45) is 0 Å². The average molecular weight is 287 g/mol. The predicted molar refractivity (Wildman–Crippen MR) is 66.7 cm³/mol. The molecule has 2 heterocycles. The van der Waals surface area contributed by atoms with E-state index in [4.69, 9.17) is 0 Å². The Balaban J connectivity index is 2.28. The molecular weight excluding hydrogens is 274 g/mol. The summed E-state index contributed by atoms with van der Waals surface area (Å²) in [6.45, 7) is 3.77. The Morgan fingerprint density at radius 3 is 2.67 bits per heavy atom. The van der Waals surface area contributed by atoms with E-state index in [9.17, 15) is 8.42 Å². The van der Waals surface area contributed by atoms with Crippen LogP contribution in [0, 0.1) is 13.8 Å². The zero-order chi connectivity index (χ0) is 13.3. The standard InChI is InChI=1S/C10H13N3O3S2/c1-7-4-9(8(2)17-7)18(14,15)13(3)5-10-11-6-16-12-10/h4,6H,5H2,1-3H3. The monoisotopic (exact) mass is 287 g/mol. The van der Waals surface area contributed by atoms with E-state index in [1.54, 1.807) is 13.0 Å². The summed E-state index contributed by atoms with van der Waals surface area (Å²) < 4.78 is 30.5. The maximum atomic E-state index is 12.3. The van der Waals surface area contributed by atoms with Crippen molar-refractivity contribution < 1.29 is 12.9 Å². The maximum Gasteiger partial charge on any atom is 0.244 e. The Morgan fingerprint density at radius 2 is 2.17 bits per heavy atom. The molecule has 98 valence electrons. The highest BCUT2D eigenvalue weighted by molar-refractivity contribution is 7.89. The Kier molecular flexibility index (Phi) is 3.51. The molecule has 0 fully saturated rings. The van der Waals surface area contributed by atoms with Crippen LogP contribution in [0.3, 0.4) is 0 Å². The van der Waals surface area contributed by atoms with E-state index in [-0.39, 0.29) is 6.54 Å². The first-order valence-corrected chi connectivity index (χ1v) is 7.45. The largest absolute Gasteiger partial charge is 0.343 e. The van der Waals surface area contributed by atoms with Crippen molar-refractivity contribution in [1.29, 1.82) is 0 Å². The molecule has 18 heavy (non-hydrogen) atoms. The molecule has 0 saturated heterocycles. The van der Waals surface area contributed by atoms with Gasteiger partial charge in [-0.2, -0.15) is 9.29 Å². The fraction of sp³-hybridized carbons (Fsp3) is 0.400. The van der Waals surface area contributed by atoms with Crippen molar-refractivity contribution in [2.75, 3.05) is 7.05 Å². The lowest BCUT2D eigenvalue weighted by Gasteiger charge is -2.14. The molecule has 0 amide bonds. The number of hydrogen-bond acceptors (Lipinski definition) is 6. The number of aryl methyl sites for hydroxylation is 2. The highest BCUT2D eigenvalue weighted by Crippen LogP contribution is 2.27. The van der Waals surface area contributed by atoms with Crippen LogP contribution in [0.2, 0.25) is 0 Å². The van der Waals surface area contributed by atoms with Crippen molar-refractivity contribution in [2.45, 2.75) is 25.3 Å². The second kappa shape index (κ2) is 4.79. The lowest BCUT2D eigenvalue weighted by atomic mass is 10.4. The molecule has 0 aromatic carbocycles. The van der Waals surface area contributed by atoms with Crippen LogP contribution in [-0.4, -0.2) is 29.9 Å². The highest BCUT2D eigenvalue weighted by atomic mass is 32.2. The van der Waals surface area contributed by atoms with Crippen LogP contribution in [0.15, 0.2) is 21.9 Å². The van der Waals surface area contributed by atoms with Crippen LogP contribution in [-0.2, 0) is 16.6 Å². The van der Waals surface area contributed by atoms with Crippen molar-refractivity contribution in [3.8, 4) is 0 Å². The molecule has 0 saturated carbocycles. The van der Waals surface area contributed by atoms with Crippen LogP contribution in [0.1, 0.15) is 15.6 Å². The Labute approximate surface area is 109 Å². The van der Waals surface area contributed by atoms with Gasteiger partial charge in [0.1, 0.15) is 0 Å². The molecule has 0 radical (unpaired) electrons.